The summed E-state index contributed by atoms with van der Waals surface area (Å²) < 4.78 is 1.59. The highest BCUT2D eigenvalue weighted by atomic mass is 16.3. The van der Waals surface area contributed by atoms with E-state index < -0.39 is 5.60 Å². The molecule has 0 radical (unpaired) electrons. The first-order valence-electron chi connectivity index (χ1n) is 5.10. The molecule has 0 amide bonds. The summed E-state index contributed by atoms with van der Waals surface area (Å²) in [6.07, 6.45) is 0. The Balaban J connectivity index is 2.24. The van der Waals surface area contributed by atoms with Gasteiger partial charge in [-0.1, -0.05) is 30.3 Å². The lowest BCUT2D eigenvalue weighted by atomic mass is 9.96. The summed E-state index contributed by atoms with van der Waals surface area (Å²) in [4.78, 5) is 0. The number of hydrogen-bond donors (Lipinski definition) is 1. The van der Waals surface area contributed by atoms with Crippen LogP contribution in [0.2, 0.25) is 0 Å². The van der Waals surface area contributed by atoms with E-state index in [0.717, 1.165) is 5.56 Å². The average molecular weight is 218 g/mol. The Labute approximate surface area is 93.7 Å². The molecule has 1 aromatic heterocycles. The summed E-state index contributed by atoms with van der Waals surface area (Å²) >= 11 is 0. The molecule has 84 valence electrons. The van der Waals surface area contributed by atoms with Crippen LogP contribution in [-0.2, 0) is 12.1 Å². The van der Waals surface area contributed by atoms with Crippen molar-refractivity contribution in [2.75, 3.05) is 0 Å². The van der Waals surface area contributed by atoms with Crippen LogP contribution in [0.25, 0.3) is 0 Å². The summed E-state index contributed by atoms with van der Waals surface area (Å²) in [6.45, 7) is 3.90. The van der Waals surface area contributed by atoms with Crippen molar-refractivity contribution >= 4 is 0 Å². The Hall–Kier alpha value is -1.75. The number of nitrogens with zero attached hydrogens (tertiary/aromatic N) is 4. The molecule has 5 nitrogen and oxygen atoms in total. The van der Waals surface area contributed by atoms with Gasteiger partial charge < -0.3 is 5.11 Å². The third-order valence-corrected chi connectivity index (χ3v) is 2.56. The fourth-order valence-electron chi connectivity index (χ4n) is 1.58. The van der Waals surface area contributed by atoms with Crippen LogP contribution in [-0.4, -0.2) is 25.3 Å². The summed E-state index contributed by atoms with van der Waals surface area (Å²) in [5.74, 6) is 0.691. The van der Waals surface area contributed by atoms with E-state index in [-0.39, 0.29) is 0 Å². The average Bonchev–Trinajstić information content (AvgIpc) is 2.65. The van der Waals surface area contributed by atoms with E-state index in [0.29, 0.717) is 12.4 Å². The van der Waals surface area contributed by atoms with Crippen molar-refractivity contribution in [1.82, 2.24) is 20.2 Å². The molecule has 0 unspecified atom stereocenters. The maximum absolute atomic E-state index is 10.4. The highest BCUT2D eigenvalue weighted by Gasteiger charge is 2.24. The molecule has 0 aliphatic heterocycles. The van der Waals surface area contributed by atoms with Crippen LogP contribution in [0.4, 0.5) is 0 Å². The first-order chi connectivity index (χ1) is 7.59. The van der Waals surface area contributed by atoms with Crippen LogP contribution in [0.1, 0.15) is 18.3 Å². The number of rotatable bonds is 3. The molecular weight excluding hydrogens is 204 g/mol. The van der Waals surface area contributed by atoms with Crippen molar-refractivity contribution in [2.45, 2.75) is 26.0 Å². The molecule has 0 spiro atoms. The van der Waals surface area contributed by atoms with Gasteiger partial charge in [0.2, 0.25) is 0 Å². The monoisotopic (exact) mass is 218 g/mol. The lowest BCUT2D eigenvalue weighted by Crippen LogP contribution is -2.28. The minimum atomic E-state index is -0.971. The quantitative estimate of drug-likeness (QED) is 0.831. The molecule has 0 fully saturated rings. The van der Waals surface area contributed by atoms with E-state index in [2.05, 4.69) is 15.5 Å². The second-order valence-corrected chi connectivity index (χ2v) is 4.02. The first-order valence-corrected chi connectivity index (χ1v) is 5.10. The van der Waals surface area contributed by atoms with Gasteiger partial charge in [0.25, 0.3) is 0 Å². The maximum atomic E-state index is 10.4. The number of benzene rings is 1. The molecular formula is C11H14N4O. The van der Waals surface area contributed by atoms with E-state index in [9.17, 15) is 5.11 Å². The summed E-state index contributed by atoms with van der Waals surface area (Å²) in [7, 11) is 0. The fourth-order valence-corrected chi connectivity index (χ4v) is 1.58. The van der Waals surface area contributed by atoms with Crippen molar-refractivity contribution in [1.29, 1.82) is 0 Å². The van der Waals surface area contributed by atoms with Gasteiger partial charge in [-0.25, -0.2) is 4.68 Å². The van der Waals surface area contributed by atoms with Gasteiger partial charge in [0.1, 0.15) is 11.4 Å². The van der Waals surface area contributed by atoms with Crippen molar-refractivity contribution < 1.29 is 5.11 Å². The molecule has 1 heterocycles. The van der Waals surface area contributed by atoms with Crippen molar-refractivity contribution in [3.05, 3.63) is 41.7 Å². The van der Waals surface area contributed by atoms with Gasteiger partial charge >= 0.3 is 0 Å². The summed E-state index contributed by atoms with van der Waals surface area (Å²) in [5, 5.41) is 21.5. The molecule has 0 saturated carbocycles. The van der Waals surface area contributed by atoms with Crippen molar-refractivity contribution in [2.24, 2.45) is 0 Å². The summed E-state index contributed by atoms with van der Waals surface area (Å²) in [5.41, 5.74) is -0.119. The number of aryl methyl sites for hydroxylation is 1. The van der Waals surface area contributed by atoms with Crippen LogP contribution in [0.5, 0.6) is 0 Å². The molecule has 2 rings (SSSR count). The van der Waals surface area contributed by atoms with Gasteiger partial charge in [-0.15, -0.1) is 5.10 Å². The molecule has 2 aromatic rings. The zero-order valence-electron chi connectivity index (χ0n) is 9.33. The Morgan fingerprint density at radius 3 is 2.56 bits per heavy atom. The highest BCUT2D eigenvalue weighted by Crippen LogP contribution is 2.21. The molecule has 1 atom stereocenters. The molecule has 5 heteroatoms. The molecule has 1 N–H and O–H groups in total. The Morgan fingerprint density at radius 1 is 1.31 bits per heavy atom. The molecule has 0 aliphatic rings. The van der Waals surface area contributed by atoms with Gasteiger partial charge in [-0.2, -0.15) is 0 Å². The second-order valence-electron chi connectivity index (χ2n) is 4.02. The number of hydrogen-bond acceptors (Lipinski definition) is 4. The van der Waals surface area contributed by atoms with Gasteiger partial charge in [-0.3, -0.25) is 0 Å². The van der Waals surface area contributed by atoms with E-state index in [1.54, 1.807) is 18.5 Å². The molecule has 0 bridgehead atoms. The smallest absolute Gasteiger partial charge is 0.148 e. The normalized spacial score (nSPS) is 14.7. The molecule has 0 saturated heterocycles. The van der Waals surface area contributed by atoms with E-state index in [4.69, 9.17) is 0 Å². The third kappa shape index (κ3) is 2.09. The zero-order chi connectivity index (χ0) is 11.6. The van der Waals surface area contributed by atoms with Crippen molar-refractivity contribution in [3.8, 4) is 0 Å². The lowest BCUT2D eigenvalue weighted by Gasteiger charge is -2.23. The Kier molecular flexibility index (Phi) is 2.70. The zero-order valence-corrected chi connectivity index (χ0v) is 9.33. The standard InChI is InChI=1S/C11H14N4O/c1-9-12-13-14-15(9)8-11(2,16)10-6-4-3-5-7-10/h3-7,16H,8H2,1-2H3/t11-/m0/s1. The Morgan fingerprint density at radius 2 is 2.00 bits per heavy atom. The molecule has 0 aliphatic carbocycles. The highest BCUT2D eigenvalue weighted by molar-refractivity contribution is 5.21. The fraction of sp³-hybridized carbons (Fsp3) is 0.364. The number of aliphatic hydroxyl groups is 1. The minimum absolute atomic E-state index is 0.343. The van der Waals surface area contributed by atoms with Crippen LogP contribution < -0.4 is 0 Å². The van der Waals surface area contributed by atoms with Crippen LogP contribution in [0.3, 0.4) is 0 Å². The van der Waals surface area contributed by atoms with E-state index >= 15 is 0 Å². The number of tetrazole rings is 1. The van der Waals surface area contributed by atoms with Crippen LogP contribution >= 0.6 is 0 Å². The van der Waals surface area contributed by atoms with E-state index in [1.165, 1.54) is 0 Å². The minimum Gasteiger partial charge on any atom is -0.384 e. The van der Waals surface area contributed by atoms with E-state index in [1.807, 2.05) is 30.3 Å². The van der Waals surface area contributed by atoms with Crippen LogP contribution in [0.15, 0.2) is 30.3 Å². The van der Waals surface area contributed by atoms with Gasteiger partial charge in [-0.05, 0) is 29.8 Å². The first kappa shape index (κ1) is 10.8. The van der Waals surface area contributed by atoms with Gasteiger partial charge in [0.15, 0.2) is 0 Å². The number of aromatic nitrogens is 4. The lowest BCUT2D eigenvalue weighted by molar-refractivity contribution is 0.0334. The topological polar surface area (TPSA) is 63.8 Å². The molecule has 1 aromatic carbocycles. The predicted octanol–water partition coefficient (Wildman–Crippen LogP) is 0.889. The van der Waals surface area contributed by atoms with Crippen molar-refractivity contribution in [3.63, 3.8) is 0 Å². The SMILES string of the molecule is Cc1nnnn1C[C@](C)(O)c1ccccc1. The Bertz CT molecular complexity index is 464. The largest absolute Gasteiger partial charge is 0.384 e. The summed E-state index contributed by atoms with van der Waals surface area (Å²) in [6, 6.07) is 9.49. The maximum Gasteiger partial charge on any atom is 0.148 e. The third-order valence-electron chi connectivity index (χ3n) is 2.56. The molecule has 16 heavy (non-hydrogen) atoms. The van der Waals surface area contributed by atoms with Gasteiger partial charge in [0, 0.05) is 0 Å². The van der Waals surface area contributed by atoms with Crippen LogP contribution in [0, 0.1) is 6.92 Å². The predicted molar refractivity (Wildman–Crippen MR) is 58.6 cm³/mol. The second kappa shape index (κ2) is 4.02. The van der Waals surface area contributed by atoms with Gasteiger partial charge in [0.05, 0.1) is 6.54 Å².